The summed E-state index contributed by atoms with van der Waals surface area (Å²) < 4.78 is 12.8. The lowest BCUT2D eigenvalue weighted by molar-refractivity contribution is -0.135. The summed E-state index contributed by atoms with van der Waals surface area (Å²) in [4.78, 5) is 2.48. The molecule has 5 nitrogen and oxygen atoms in total. The molecule has 1 atom stereocenters. The standard InChI is InChI=1S/C14H19N3O2S/c1-9-4-5-12(20-9)10-8-13-15-7-6-11(17(13)16-10)14(18-2)19-3/h4-5,8,11,14-15H,6-7H2,1-3H3. The lowest BCUT2D eigenvalue weighted by Gasteiger charge is -2.30. The quantitative estimate of drug-likeness (QED) is 0.881. The number of hydrogen-bond acceptors (Lipinski definition) is 5. The van der Waals surface area contributed by atoms with Crippen LogP contribution in [0.2, 0.25) is 0 Å². The summed E-state index contributed by atoms with van der Waals surface area (Å²) in [5, 5.41) is 8.12. The maximum Gasteiger partial charge on any atom is 0.179 e. The maximum atomic E-state index is 5.41. The number of hydrogen-bond donors (Lipinski definition) is 1. The summed E-state index contributed by atoms with van der Waals surface area (Å²) in [6.07, 6.45) is 0.665. The second-order valence-corrected chi connectivity index (χ2v) is 6.18. The molecular weight excluding hydrogens is 274 g/mol. The normalized spacial score (nSPS) is 18.1. The second-order valence-electron chi connectivity index (χ2n) is 4.89. The molecule has 1 aliphatic heterocycles. The highest BCUT2D eigenvalue weighted by Gasteiger charge is 2.29. The van der Waals surface area contributed by atoms with Crippen molar-refractivity contribution < 1.29 is 9.47 Å². The highest BCUT2D eigenvalue weighted by Crippen LogP contribution is 2.33. The Morgan fingerprint density at radius 2 is 2.20 bits per heavy atom. The Hall–Kier alpha value is -1.37. The molecule has 1 unspecified atom stereocenters. The average Bonchev–Trinajstić information content (AvgIpc) is 3.06. The number of aryl methyl sites for hydroxylation is 1. The van der Waals surface area contributed by atoms with Crippen molar-refractivity contribution in [3.05, 3.63) is 23.1 Å². The molecule has 20 heavy (non-hydrogen) atoms. The number of fused-ring (bicyclic) bond motifs is 1. The van der Waals surface area contributed by atoms with Crippen LogP contribution >= 0.6 is 11.3 Å². The van der Waals surface area contributed by atoms with Crippen molar-refractivity contribution in [2.24, 2.45) is 0 Å². The topological polar surface area (TPSA) is 48.3 Å². The predicted molar refractivity (Wildman–Crippen MR) is 80.2 cm³/mol. The molecule has 6 heteroatoms. The van der Waals surface area contributed by atoms with Crippen molar-refractivity contribution in [1.29, 1.82) is 0 Å². The lowest BCUT2D eigenvalue weighted by atomic mass is 10.1. The van der Waals surface area contributed by atoms with Gasteiger partial charge < -0.3 is 14.8 Å². The average molecular weight is 293 g/mol. The third-order valence-corrected chi connectivity index (χ3v) is 4.59. The van der Waals surface area contributed by atoms with Crippen LogP contribution in [0.15, 0.2) is 18.2 Å². The minimum absolute atomic E-state index is 0.107. The molecule has 0 radical (unpaired) electrons. The molecule has 0 saturated heterocycles. The molecule has 0 amide bonds. The van der Waals surface area contributed by atoms with Gasteiger partial charge in [0.15, 0.2) is 6.29 Å². The fourth-order valence-corrected chi connectivity index (χ4v) is 3.43. The van der Waals surface area contributed by atoms with Gasteiger partial charge in [-0.15, -0.1) is 11.3 Å². The highest BCUT2D eigenvalue weighted by molar-refractivity contribution is 7.15. The van der Waals surface area contributed by atoms with E-state index in [1.807, 2.05) is 4.68 Å². The van der Waals surface area contributed by atoms with Gasteiger partial charge in [-0.1, -0.05) is 0 Å². The molecule has 0 saturated carbocycles. The number of aromatic nitrogens is 2. The van der Waals surface area contributed by atoms with E-state index >= 15 is 0 Å². The molecule has 0 aliphatic carbocycles. The van der Waals surface area contributed by atoms with Crippen LogP contribution in [-0.4, -0.2) is 36.8 Å². The van der Waals surface area contributed by atoms with Gasteiger partial charge in [0.2, 0.25) is 0 Å². The van der Waals surface area contributed by atoms with Crippen LogP contribution in [0.25, 0.3) is 10.6 Å². The van der Waals surface area contributed by atoms with Crippen molar-refractivity contribution in [2.75, 3.05) is 26.1 Å². The van der Waals surface area contributed by atoms with E-state index in [1.54, 1.807) is 25.6 Å². The SMILES string of the molecule is COC(OC)C1CCNc2cc(-c3ccc(C)s3)nn21. The molecule has 2 aromatic heterocycles. The zero-order valence-electron chi connectivity index (χ0n) is 11.9. The van der Waals surface area contributed by atoms with Gasteiger partial charge in [-0.2, -0.15) is 5.10 Å². The Balaban J connectivity index is 1.96. The van der Waals surface area contributed by atoms with Crippen molar-refractivity contribution in [3.63, 3.8) is 0 Å². The van der Waals surface area contributed by atoms with Gasteiger partial charge in [0.25, 0.3) is 0 Å². The van der Waals surface area contributed by atoms with E-state index in [2.05, 4.69) is 30.4 Å². The molecular formula is C14H19N3O2S. The summed E-state index contributed by atoms with van der Waals surface area (Å²) in [6, 6.07) is 6.44. The summed E-state index contributed by atoms with van der Waals surface area (Å²) in [7, 11) is 3.34. The predicted octanol–water partition coefficient (Wildman–Crippen LogP) is 2.90. The zero-order chi connectivity index (χ0) is 14.1. The number of methoxy groups -OCH3 is 2. The Kier molecular flexibility index (Phi) is 3.78. The molecule has 1 aliphatic rings. The van der Waals surface area contributed by atoms with Crippen LogP contribution < -0.4 is 5.32 Å². The number of ether oxygens (including phenoxy) is 2. The molecule has 0 fully saturated rings. The van der Waals surface area contributed by atoms with Gasteiger partial charge in [-0.3, -0.25) is 0 Å². The maximum absolute atomic E-state index is 5.41. The van der Waals surface area contributed by atoms with E-state index in [0.717, 1.165) is 24.5 Å². The van der Waals surface area contributed by atoms with Crippen molar-refractivity contribution in [3.8, 4) is 10.6 Å². The van der Waals surface area contributed by atoms with E-state index in [0.29, 0.717) is 0 Å². The van der Waals surface area contributed by atoms with Crippen LogP contribution in [0.3, 0.4) is 0 Å². The van der Waals surface area contributed by atoms with E-state index in [-0.39, 0.29) is 12.3 Å². The number of rotatable bonds is 4. The summed E-state index contributed by atoms with van der Waals surface area (Å²) >= 11 is 1.76. The van der Waals surface area contributed by atoms with Crippen LogP contribution in [0.1, 0.15) is 17.3 Å². The summed E-state index contributed by atoms with van der Waals surface area (Å²) in [6.45, 7) is 3.01. The minimum atomic E-state index is -0.270. The molecule has 0 aromatic carbocycles. The van der Waals surface area contributed by atoms with Crippen LogP contribution in [0, 0.1) is 6.92 Å². The van der Waals surface area contributed by atoms with Gasteiger partial charge >= 0.3 is 0 Å². The van der Waals surface area contributed by atoms with E-state index < -0.39 is 0 Å². The van der Waals surface area contributed by atoms with E-state index in [1.165, 1.54) is 9.75 Å². The number of thiophene rings is 1. The van der Waals surface area contributed by atoms with Gasteiger partial charge in [-0.05, 0) is 25.5 Å². The Bertz CT molecular complexity index is 589. The third-order valence-electron chi connectivity index (χ3n) is 3.57. The minimum Gasteiger partial charge on any atom is -0.370 e. The van der Waals surface area contributed by atoms with Crippen LogP contribution in [0.4, 0.5) is 5.82 Å². The van der Waals surface area contributed by atoms with Gasteiger partial charge in [0.1, 0.15) is 17.6 Å². The first kappa shape index (κ1) is 13.6. The lowest BCUT2D eigenvalue weighted by Crippen LogP contribution is -2.34. The molecule has 3 rings (SSSR count). The molecule has 108 valence electrons. The number of nitrogens with one attached hydrogen (secondary N) is 1. The third kappa shape index (κ3) is 2.34. The Morgan fingerprint density at radius 1 is 1.40 bits per heavy atom. The molecule has 1 N–H and O–H groups in total. The highest BCUT2D eigenvalue weighted by atomic mass is 32.1. The number of nitrogens with zero attached hydrogens (tertiary/aromatic N) is 2. The van der Waals surface area contributed by atoms with Crippen LogP contribution in [0.5, 0.6) is 0 Å². The Morgan fingerprint density at radius 3 is 2.85 bits per heavy atom. The molecule has 0 spiro atoms. The van der Waals surface area contributed by atoms with E-state index in [9.17, 15) is 0 Å². The van der Waals surface area contributed by atoms with E-state index in [4.69, 9.17) is 14.6 Å². The molecule has 0 bridgehead atoms. The monoisotopic (exact) mass is 293 g/mol. The van der Waals surface area contributed by atoms with Crippen molar-refractivity contribution >= 4 is 17.2 Å². The first-order valence-electron chi connectivity index (χ1n) is 6.68. The summed E-state index contributed by atoms with van der Waals surface area (Å²) in [5.74, 6) is 1.03. The van der Waals surface area contributed by atoms with Crippen molar-refractivity contribution in [1.82, 2.24) is 9.78 Å². The van der Waals surface area contributed by atoms with Crippen LogP contribution in [-0.2, 0) is 9.47 Å². The second kappa shape index (κ2) is 5.55. The molecule has 3 heterocycles. The fourth-order valence-electron chi connectivity index (χ4n) is 2.60. The van der Waals surface area contributed by atoms with Gasteiger partial charge in [-0.25, -0.2) is 4.68 Å². The molecule has 2 aromatic rings. The number of anilines is 1. The fraction of sp³-hybridized carbons (Fsp3) is 0.500. The van der Waals surface area contributed by atoms with Gasteiger partial charge in [0, 0.05) is 31.7 Å². The summed E-state index contributed by atoms with van der Waals surface area (Å²) in [5.41, 5.74) is 1.00. The zero-order valence-corrected chi connectivity index (χ0v) is 12.7. The Labute approximate surface area is 122 Å². The van der Waals surface area contributed by atoms with Gasteiger partial charge in [0.05, 0.1) is 4.88 Å². The largest absolute Gasteiger partial charge is 0.370 e. The first-order valence-corrected chi connectivity index (χ1v) is 7.50. The smallest absolute Gasteiger partial charge is 0.179 e. The van der Waals surface area contributed by atoms with Crippen molar-refractivity contribution in [2.45, 2.75) is 25.7 Å². The first-order chi connectivity index (χ1) is 9.72.